The molecule has 1 rings (SSSR count). The van der Waals surface area contributed by atoms with E-state index in [0.717, 1.165) is 5.56 Å². The first-order valence-corrected chi connectivity index (χ1v) is 6.21. The van der Waals surface area contributed by atoms with E-state index in [2.05, 4.69) is 5.32 Å². The van der Waals surface area contributed by atoms with Crippen molar-refractivity contribution in [2.24, 2.45) is 0 Å². The normalized spacial score (nSPS) is 13.8. The zero-order chi connectivity index (χ0) is 13.5. The lowest BCUT2D eigenvalue weighted by molar-refractivity contribution is -0.129. The fraction of sp³-hybridized carbons (Fsp3) is 0.500. The second-order valence-electron chi connectivity index (χ2n) is 4.42. The van der Waals surface area contributed by atoms with Crippen LogP contribution in [0.3, 0.4) is 0 Å². The van der Waals surface area contributed by atoms with E-state index < -0.39 is 6.10 Å². The maximum Gasteiger partial charge on any atom is 0.261 e. The highest BCUT2D eigenvalue weighted by Crippen LogP contribution is 2.15. The summed E-state index contributed by atoms with van der Waals surface area (Å²) in [4.78, 5) is 11.9. The van der Waals surface area contributed by atoms with E-state index in [4.69, 9.17) is 9.84 Å². The molecule has 1 amide bonds. The van der Waals surface area contributed by atoms with Gasteiger partial charge < -0.3 is 15.2 Å². The van der Waals surface area contributed by atoms with Gasteiger partial charge in [-0.1, -0.05) is 19.1 Å². The molecule has 0 aliphatic heterocycles. The highest BCUT2D eigenvalue weighted by atomic mass is 16.5. The number of rotatable bonds is 6. The molecule has 0 saturated carbocycles. The monoisotopic (exact) mass is 251 g/mol. The van der Waals surface area contributed by atoms with Crippen LogP contribution in [0.2, 0.25) is 0 Å². The molecule has 0 aromatic heterocycles. The van der Waals surface area contributed by atoms with Crippen molar-refractivity contribution in [2.45, 2.75) is 39.3 Å². The minimum absolute atomic E-state index is 0.0768. The number of benzene rings is 1. The van der Waals surface area contributed by atoms with Gasteiger partial charge in [-0.15, -0.1) is 0 Å². The molecule has 4 nitrogen and oxygen atoms in total. The average Bonchev–Trinajstić information content (AvgIpc) is 2.35. The predicted octanol–water partition coefficient (Wildman–Crippen LogP) is 1.65. The largest absolute Gasteiger partial charge is 0.481 e. The lowest BCUT2D eigenvalue weighted by Gasteiger charge is -2.19. The van der Waals surface area contributed by atoms with Crippen LogP contribution >= 0.6 is 0 Å². The minimum Gasteiger partial charge on any atom is -0.481 e. The van der Waals surface area contributed by atoms with Crippen molar-refractivity contribution in [3.8, 4) is 5.75 Å². The van der Waals surface area contributed by atoms with Gasteiger partial charge in [-0.05, 0) is 38.0 Å². The van der Waals surface area contributed by atoms with Crippen molar-refractivity contribution < 1.29 is 14.6 Å². The molecule has 0 heterocycles. The lowest BCUT2D eigenvalue weighted by Crippen LogP contribution is -2.43. The Hall–Kier alpha value is -1.55. The molecule has 0 aliphatic rings. The molecule has 1 aromatic carbocycles. The first-order chi connectivity index (χ1) is 8.56. The third-order valence-corrected chi connectivity index (χ3v) is 2.59. The highest BCUT2D eigenvalue weighted by Gasteiger charge is 2.19. The molecule has 2 N–H and O–H groups in total. The van der Waals surface area contributed by atoms with Crippen LogP contribution in [0.15, 0.2) is 24.3 Å². The van der Waals surface area contributed by atoms with Crippen LogP contribution in [-0.4, -0.2) is 29.8 Å². The summed E-state index contributed by atoms with van der Waals surface area (Å²) in [6.07, 6.45) is 0.0542. The summed E-state index contributed by atoms with van der Waals surface area (Å²) in [5, 5.41) is 11.6. The van der Waals surface area contributed by atoms with Gasteiger partial charge >= 0.3 is 0 Å². The third kappa shape index (κ3) is 4.37. The number of aryl methyl sites for hydroxylation is 1. The number of ether oxygens (including phenoxy) is 1. The molecule has 1 aromatic rings. The van der Waals surface area contributed by atoms with E-state index in [0.29, 0.717) is 12.2 Å². The van der Waals surface area contributed by atoms with Crippen LogP contribution in [0.25, 0.3) is 0 Å². The second kappa shape index (κ2) is 7.01. The molecule has 0 spiro atoms. The standard InChI is InChI=1S/C14H21NO3/c1-4-13(14(17)15-11(3)9-16)18-12-7-5-6-10(2)8-12/h5-8,11,13,16H,4,9H2,1-3H3,(H,15,17). The smallest absolute Gasteiger partial charge is 0.261 e. The average molecular weight is 251 g/mol. The molecule has 2 unspecified atom stereocenters. The van der Waals surface area contributed by atoms with Gasteiger partial charge in [0.05, 0.1) is 6.61 Å². The highest BCUT2D eigenvalue weighted by molar-refractivity contribution is 5.81. The molecule has 2 atom stereocenters. The molecule has 100 valence electrons. The Morgan fingerprint density at radius 2 is 2.22 bits per heavy atom. The first kappa shape index (κ1) is 14.5. The van der Waals surface area contributed by atoms with Gasteiger partial charge in [-0.3, -0.25) is 4.79 Å². The number of amides is 1. The Kier molecular flexibility index (Phi) is 5.65. The Morgan fingerprint density at radius 3 is 2.78 bits per heavy atom. The van der Waals surface area contributed by atoms with Crippen LogP contribution < -0.4 is 10.1 Å². The van der Waals surface area contributed by atoms with Crippen molar-refractivity contribution in [3.05, 3.63) is 29.8 Å². The van der Waals surface area contributed by atoms with Crippen molar-refractivity contribution in [3.63, 3.8) is 0 Å². The zero-order valence-electron chi connectivity index (χ0n) is 11.1. The molecular weight excluding hydrogens is 230 g/mol. The Balaban J connectivity index is 2.64. The SMILES string of the molecule is CCC(Oc1cccc(C)c1)C(=O)NC(C)CO. The van der Waals surface area contributed by atoms with E-state index in [1.807, 2.05) is 38.1 Å². The maximum absolute atomic E-state index is 11.9. The van der Waals surface area contributed by atoms with Gasteiger partial charge in [0.2, 0.25) is 0 Å². The number of aliphatic hydroxyl groups excluding tert-OH is 1. The lowest BCUT2D eigenvalue weighted by atomic mass is 10.2. The Labute approximate surface area is 108 Å². The summed E-state index contributed by atoms with van der Waals surface area (Å²) in [5.74, 6) is 0.495. The zero-order valence-corrected chi connectivity index (χ0v) is 11.1. The molecule has 0 fully saturated rings. The van der Waals surface area contributed by atoms with Gasteiger partial charge in [-0.25, -0.2) is 0 Å². The number of carbonyl (C=O) groups is 1. The predicted molar refractivity (Wildman–Crippen MR) is 70.6 cm³/mol. The molecule has 18 heavy (non-hydrogen) atoms. The molecular formula is C14H21NO3. The molecule has 0 aliphatic carbocycles. The van der Waals surface area contributed by atoms with E-state index in [-0.39, 0.29) is 18.6 Å². The third-order valence-electron chi connectivity index (χ3n) is 2.59. The fourth-order valence-electron chi connectivity index (χ4n) is 1.56. The van der Waals surface area contributed by atoms with Crippen LogP contribution in [0, 0.1) is 6.92 Å². The Morgan fingerprint density at radius 1 is 1.50 bits per heavy atom. The van der Waals surface area contributed by atoms with E-state index >= 15 is 0 Å². The van der Waals surface area contributed by atoms with Crippen molar-refractivity contribution in [1.29, 1.82) is 0 Å². The summed E-state index contributed by atoms with van der Waals surface area (Å²) in [6.45, 7) is 5.54. The van der Waals surface area contributed by atoms with Gasteiger partial charge in [0.1, 0.15) is 5.75 Å². The van der Waals surface area contributed by atoms with Gasteiger partial charge in [0, 0.05) is 6.04 Å². The molecule has 4 heteroatoms. The first-order valence-electron chi connectivity index (χ1n) is 6.21. The maximum atomic E-state index is 11.9. The summed E-state index contributed by atoms with van der Waals surface area (Å²) >= 11 is 0. The Bertz CT molecular complexity index is 392. The van der Waals surface area contributed by atoms with Crippen molar-refractivity contribution in [2.75, 3.05) is 6.61 Å². The molecule has 0 radical (unpaired) electrons. The van der Waals surface area contributed by atoms with Crippen LogP contribution in [-0.2, 0) is 4.79 Å². The van der Waals surface area contributed by atoms with Crippen LogP contribution in [0.4, 0.5) is 0 Å². The second-order valence-corrected chi connectivity index (χ2v) is 4.42. The molecule has 0 saturated heterocycles. The van der Waals surface area contributed by atoms with E-state index in [1.54, 1.807) is 6.92 Å². The van der Waals surface area contributed by atoms with Gasteiger partial charge in [0.25, 0.3) is 5.91 Å². The van der Waals surface area contributed by atoms with Crippen LogP contribution in [0.5, 0.6) is 5.75 Å². The molecule has 0 bridgehead atoms. The van der Waals surface area contributed by atoms with Gasteiger partial charge in [-0.2, -0.15) is 0 Å². The summed E-state index contributed by atoms with van der Waals surface area (Å²) in [7, 11) is 0. The topological polar surface area (TPSA) is 58.6 Å². The van der Waals surface area contributed by atoms with Gasteiger partial charge in [0.15, 0.2) is 6.10 Å². The fourth-order valence-corrected chi connectivity index (χ4v) is 1.56. The van der Waals surface area contributed by atoms with Crippen molar-refractivity contribution >= 4 is 5.91 Å². The van der Waals surface area contributed by atoms with E-state index in [1.165, 1.54) is 0 Å². The number of nitrogens with one attached hydrogen (secondary N) is 1. The van der Waals surface area contributed by atoms with E-state index in [9.17, 15) is 4.79 Å². The van der Waals surface area contributed by atoms with Crippen LogP contribution in [0.1, 0.15) is 25.8 Å². The summed E-state index contributed by atoms with van der Waals surface area (Å²) in [6, 6.07) is 7.34. The number of carbonyl (C=O) groups excluding carboxylic acids is 1. The van der Waals surface area contributed by atoms with Crippen molar-refractivity contribution in [1.82, 2.24) is 5.32 Å². The number of hydrogen-bond donors (Lipinski definition) is 2. The number of hydrogen-bond acceptors (Lipinski definition) is 3. The summed E-state index contributed by atoms with van der Waals surface area (Å²) < 4.78 is 5.66. The quantitative estimate of drug-likeness (QED) is 0.808. The summed E-state index contributed by atoms with van der Waals surface area (Å²) in [5.41, 5.74) is 1.09. The number of aliphatic hydroxyl groups is 1. The minimum atomic E-state index is -0.527.